The van der Waals surface area contributed by atoms with E-state index in [0.29, 0.717) is 11.7 Å². The van der Waals surface area contributed by atoms with Gasteiger partial charge >= 0.3 is 0 Å². The summed E-state index contributed by atoms with van der Waals surface area (Å²) in [5.41, 5.74) is 5.85. The summed E-state index contributed by atoms with van der Waals surface area (Å²) in [4.78, 5) is 28.8. The summed E-state index contributed by atoms with van der Waals surface area (Å²) < 4.78 is 32.8. The molecular weight excluding hydrogens is 470 g/mol. The lowest BCUT2D eigenvalue weighted by Gasteiger charge is -2.33. The number of hydrogen-bond donors (Lipinski definition) is 2. The summed E-state index contributed by atoms with van der Waals surface area (Å²) in [7, 11) is -2.03. The number of carbonyl (C=O) groups excluding carboxylic acids is 1. The molecule has 0 radical (unpaired) electrons. The average Bonchev–Trinajstić information content (AvgIpc) is 2.85. The number of aromatic nitrogens is 3. The van der Waals surface area contributed by atoms with Crippen LogP contribution in [-0.4, -0.2) is 73.4 Å². The highest BCUT2D eigenvalue weighted by molar-refractivity contribution is 7.91. The number of nitrogens with two attached hydrogens (primary N) is 1. The molecular formula is C23H27N7O4S. The van der Waals surface area contributed by atoms with Gasteiger partial charge in [-0.25, -0.2) is 23.4 Å². The quantitative estimate of drug-likeness (QED) is 0.493. The number of nitrogens with one attached hydrogen (secondary N) is 1. The van der Waals surface area contributed by atoms with E-state index in [1.165, 1.54) is 37.5 Å². The van der Waals surface area contributed by atoms with Gasteiger partial charge in [-0.05, 0) is 32.2 Å². The topological polar surface area (TPSA) is 144 Å². The number of anilines is 2. The normalized spacial score (nSPS) is 15.5. The summed E-state index contributed by atoms with van der Waals surface area (Å²) in [6.45, 7) is 4.65. The van der Waals surface area contributed by atoms with Gasteiger partial charge in [-0.15, -0.1) is 0 Å². The molecule has 1 aliphatic rings. The zero-order valence-electron chi connectivity index (χ0n) is 19.5. The third-order valence-corrected chi connectivity index (χ3v) is 7.08. The van der Waals surface area contributed by atoms with Gasteiger partial charge in [0.15, 0.2) is 16.6 Å². The van der Waals surface area contributed by atoms with Crippen molar-refractivity contribution in [3.8, 4) is 11.6 Å². The molecule has 11 nitrogen and oxygen atoms in total. The summed E-state index contributed by atoms with van der Waals surface area (Å²) in [5.74, 6) is 0.686. The second-order valence-electron chi connectivity index (χ2n) is 8.22. The minimum atomic E-state index is -4.07. The summed E-state index contributed by atoms with van der Waals surface area (Å²) >= 11 is 0. The molecule has 0 bridgehead atoms. The molecule has 0 aliphatic carbocycles. The smallest absolute Gasteiger partial charge is 0.241 e. The van der Waals surface area contributed by atoms with Crippen LogP contribution in [0.1, 0.15) is 6.92 Å². The molecule has 4 rings (SSSR count). The maximum atomic E-state index is 13.4. The Kier molecular flexibility index (Phi) is 7.24. The van der Waals surface area contributed by atoms with E-state index >= 15 is 0 Å². The van der Waals surface area contributed by atoms with E-state index < -0.39 is 21.8 Å². The highest BCUT2D eigenvalue weighted by Crippen LogP contribution is 2.34. The number of likely N-dealkylation sites (N-methyl/N-ethyl adjacent to an activating group) is 1. The second-order valence-corrected chi connectivity index (χ2v) is 10.1. The van der Waals surface area contributed by atoms with Crippen LogP contribution in [0.4, 0.5) is 11.5 Å². The third kappa shape index (κ3) is 5.73. The van der Waals surface area contributed by atoms with Crippen molar-refractivity contribution in [2.24, 2.45) is 5.73 Å². The lowest BCUT2D eigenvalue weighted by Crippen LogP contribution is -2.44. The van der Waals surface area contributed by atoms with Crippen molar-refractivity contribution in [1.29, 1.82) is 0 Å². The van der Waals surface area contributed by atoms with Gasteiger partial charge in [0.2, 0.25) is 21.6 Å². The number of amides is 1. The van der Waals surface area contributed by atoms with Crippen LogP contribution in [0.2, 0.25) is 0 Å². The first-order valence-corrected chi connectivity index (χ1v) is 12.5. The molecule has 3 aromatic heterocycles. The van der Waals surface area contributed by atoms with Crippen LogP contribution in [0.15, 0.2) is 64.9 Å². The van der Waals surface area contributed by atoms with Gasteiger partial charge in [-0.2, -0.15) is 0 Å². The SMILES string of the molecule is CC(N)C(=O)Nc1ccnc(S(=O)(=O)c2cnc(N3CCN(C)CC3)c(Oc3ccccn3)c2)c1. The molecule has 0 saturated carbocycles. The fourth-order valence-corrected chi connectivity index (χ4v) is 4.61. The number of ether oxygens (including phenoxy) is 1. The van der Waals surface area contributed by atoms with E-state index in [-0.39, 0.29) is 21.4 Å². The van der Waals surface area contributed by atoms with Crippen molar-refractivity contribution in [3.05, 3.63) is 55.0 Å². The van der Waals surface area contributed by atoms with Crippen LogP contribution < -0.4 is 20.7 Å². The minimum absolute atomic E-state index is 0.0931. The Bertz CT molecular complexity index is 1290. The van der Waals surface area contributed by atoms with Gasteiger partial charge < -0.3 is 25.6 Å². The molecule has 1 aliphatic heterocycles. The largest absolute Gasteiger partial charge is 0.435 e. The number of hydrogen-bond acceptors (Lipinski definition) is 10. The maximum absolute atomic E-state index is 13.4. The van der Waals surface area contributed by atoms with Gasteiger partial charge in [0, 0.05) is 62.6 Å². The zero-order chi connectivity index (χ0) is 25.0. The van der Waals surface area contributed by atoms with Crippen LogP contribution in [-0.2, 0) is 14.6 Å². The zero-order valence-corrected chi connectivity index (χ0v) is 20.3. The van der Waals surface area contributed by atoms with E-state index in [4.69, 9.17) is 10.5 Å². The molecule has 184 valence electrons. The molecule has 12 heteroatoms. The van der Waals surface area contributed by atoms with Crippen molar-refractivity contribution in [2.75, 3.05) is 43.4 Å². The van der Waals surface area contributed by atoms with Gasteiger partial charge in [0.05, 0.1) is 10.9 Å². The molecule has 3 aromatic rings. The summed E-state index contributed by atoms with van der Waals surface area (Å²) in [6, 6.07) is 8.67. The Labute approximate surface area is 203 Å². The van der Waals surface area contributed by atoms with Crippen molar-refractivity contribution in [2.45, 2.75) is 22.9 Å². The molecule has 1 atom stereocenters. The van der Waals surface area contributed by atoms with Crippen LogP contribution in [0, 0.1) is 0 Å². The number of carbonyl (C=O) groups is 1. The maximum Gasteiger partial charge on any atom is 0.241 e. The Hall–Kier alpha value is -3.61. The highest BCUT2D eigenvalue weighted by Gasteiger charge is 2.26. The van der Waals surface area contributed by atoms with Crippen molar-refractivity contribution < 1.29 is 17.9 Å². The lowest BCUT2D eigenvalue weighted by molar-refractivity contribution is -0.117. The first kappa shape index (κ1) is 24.5. The monoisotopic (exact) mass is 497 g/mol. The van der Waals surface area contributed by atoms with E-state index in [1.54, 1.807) is 24.4 Å². The van der Waals surface area contributed by atoms with Crippen LogP contribution in [0.25, 0.3) is 0 Å². The van der Waals surface area contributed by atoms with Gasteiger partial charge in [0.25, 0.3) is 0 Å². The van der Waals surface area contributed by atoms with Crippen molar-refractivity contribution >= 4 is 27.2 Å². The standard InChI is InChI=1S/C23H27N7O4S/c1-16(24)23(31)28-17-6-8-26-21(13-17)35(32,33)18-14-19(34-20-5-3-4-7-25-20)22(27-15-18)30-11-9-29(2)10-12-30/h3-8,13-16H,9-12,24H2,1-2H3,(H,26,28,31). The number of sulfone groups is 1. The van der Waals surface area contributed by atoms with Crippen molar-refractivity contribution in [1.82, 2.24) is 19.9 Å². The first-order valence-electron chi connectivity index (χ1n) is 11.0. The lowest BCUT2D eigenvalue weighted by atomic mass is 10.3. The fourth-order valence-electron chi connectivity index (χ4n) is 3.43. The molecule has 1 amide bonds. The molecule has 0 spiro atoms. The molecule has 35 heavy (non-hydrogen) atoms. The summed E-state index contributed by atoms with van der Waals surface area (Å²) in [6.07, 6.45) is 4.19. The third-order valence-electron chi connectivity index (χ3n) is 5.46. The Morgan fingerprint density at radius 2 is 1.86 bits per heavy atom. The Morgan fingerprint density at radius 3 is 2.54 bits per heavy atom. The van der Waals surface area contributed by atoms with E-state index in [2.05, 4.69) is 30.1 Å². The van der Waals surface area contributed by atoms with Crippen LogP contribution >= 0.6 is 0 Å². The van der Waals surface area contributed by atoms with Crippen LogP contribution in [0.5, 0.6) is 11.6 Å². The first-order chi connectivity index (χ1) is 16.7. The van der Waals surface area contributed by atoms with Crippen LogP contribution in [0.3, 0.4) is 0 Å². The average molecular weight is 498 g/mol. The van der Waals surface area contributed by atoms with Gasteiger partial charge in [-0.3, -0.25) is 4.79 Å². The van der Waals surface area contributed by atoms with E-state index in [1.807, 2.05) is 7.05 Å². The predicted octanol–water partition coefficient (Wildman–Crippen LogP) is 1.53. The molecule has 1 saturated heterocycles. The Balaban J connectivity index is 1.70. The number of nitrogens with zero attached hydrogens (tertiary/aromatic N) is 5. The Morgan fingerprint density at radius 1 is 1.09 bits per heavy atom. The fraction of sp³-hybridized carbons (Fsp3) is 0.304. The van der Waals surface area contributed by atoms with Gasteiger partial charge in [-0.1, -0.05) is 6.07 Å². The molecule has 0 aromatic carbocycles. The number of rotatable bonds is 7. The minimum Gasteiger partial charge on any atom is -0.435 e. The molecule has 1 fully saturated rings. The van der Waals surface area contributed by atoms with E-state index in [9.17, 15) is 13.2 Å². The van der Waals surface area contributed by atoms with Crippen molar-refractivity contribution in [3.63, 3.8) is 0 Å². The second kappa shape index (κ2) is 10.3. The molecule has 3 N–H and O–H groups in total. The van der Waals surface area contributed by atoms with E-state index in [0.717, 1.165) is 26.2 Å². The number of pyridine rings is 3. The highest BCUT2D eigenvalue weighted by atomic mass is 32.2. The predicted molar refractivity (Wildman–Crippen MR) is 130 cm³/mol. The molecule has 1 unspecified atom stereocenters. The molecule has 4 heterocycles. The summed E-state index contributed by atoms with van der Waals surface area (Å²) in [5, 5.41) is 2.34. The number of piperazine rings is 1. The van der Waals surface area contributed by atoms with Gasteiger partial charge in [0.1, 0.15) is 0 Å².